The van der Waals surface area contributed by atoms with Crippen molar-refractivity contribution in [1.82, 2.24) is 0 Å². The molecule has 0 radical (unpaired) electrons. The van der Waals surface area contributed by atoms with Gasteiger partial charge in [0.2, 0.25) is 0 Å². The Morgan fingerprint density at radius 2 is 1.52 bits per heavy atom. The van der Waals surface area contributed by atoms with E-state index < -0.39 is 0 Å². The van der Waals surface area contributed by atoms with Crippen molar-refractivity contribution in [2.45, 2.75) is 0 Å². The zero-order chi connectivity index (χ0) is 16.7. The van der Waals surface area contributed by atoms with Gasteiger partial charge in [0.15, 0.2) is 11.5 Å². The van der Waals surface area contributed by atoms with Gasteiger partial charge in [0.25, 0.3) is 0 Å². The maximum absolute atomic E-state index is 5.70. The van der Waals surface area contributed by atoms with Crippen molar-refractivity contribution in [3.63, 3.8) is 0 Å². The fourth-order valence-electron chi connectivity index (χ4n) is 1.93. The van der Waals surface area contributed by atoms with Gasteiger partial charge in [0.1, 0.15) is 29.7 Å². The van der Waals surface area contributed by atoms with E-state index in [1.807, 2.05) is 24.3 Å². The van der Waals surface area contributed by atoms with E-state index in [9.17, 15) is 0 Å². The van der Waals surface area contributed by atoms with E-state index in [0.29, 0.717) is 29.7 Å². The number of ether oxygens (including phenoxy) is 4. The number of hydrogen-bond acceptors (Lipinski definition) is 5. The first-order valence-electron chi connectivity index (χ1n) is 7.01. The average Bonchev–Trinajstić information content (AvgIpc) is 2.59. The lowest BCUT2D eigenvalue weighted by molar-refractivity contribution is 0.211. The van der Waals surface area contributed by atoms with Gasteiger partial charge in [0, 0.05) is 5.56 Å². The van der Waals surface area contributed by atoms with Crippen molar-refractivity contribution in [3.05, 3.63) is 48.0 Å². The molecule has 2 aromatic rings. The molecular weight excluding hydrogens is 314 g/mol. The van der Waals surface area contributed by atoms with Crippen LogP contribution in [0.1, 0.15) is 5.56 Å². The predicted molar refractivity (Wildman–Crippen MR) is 92.9 cm³/mol. The van der Waals surface area contributed by atoms with Crippen molar-refractivity contribution < 1.29 is 18.9 Å². The summed E-state index contributed by atoms with van der Waals surface area (Å²) in [5, 5.41) is 0. The van der Waals surface area contributed by atoms with Crippen LogP contribution in [0.4, 0.5) is 0 Å². The second-order valence-electron chi connectivity index (χ2n) is 4.60. The third-order valence-electron chi connectivity index (χ3n) is 3.12. The molecule has 0 atom stereocenters. The van der Waals surface area contributed by atoms with Crippen LogP contribution in [0.25, 0.3) is 0 Å². The van der Waals surface area contributed by atoms with Gasteiger partial charge in [-0.25, -0.2) is 0 Å². The molecular formula is C17H19NO4S. The molecule has 0 bridgehead atoms. The summed E-state index contributed by atoms with van der Waals surface area (Å²) in [5.41, 5.74) is 6.36. The molecule has 0 unspecified atom stereocenters. The molecule has 0 amide bonds. The number of rotatable bonds is 8. The number of nitrogens with two attached hydrogens (primary N) is 1. The first-order chi connectivity index (χ1) is 11.1. The van der Waals surface area contributed by atoms with Gasteiger partial charge in [-0.05, 0) is 42.5 Å². The monoisotopic (exact) mass is 333 g/mol. The number of methoxy groups -OCH3 is 2. The summed E-state index contributed by atoms with van der Waals surface area (Å²) in [7, 11) is 3.20. The summed E-state index contributed by atoms with van der Waals surface area (Å²) in [6, 6.07) is 12.7. The third-order valence-corrected chi connectivity index (χ3v) is 3.35. The minimum atomic E-state index is 0.312. The highest BCUT2D eigenvalue weighted by Crippen LogP contribution is 2.28. The van der Waals surface area contributed by atoms with E-state index in [1.165, 1.54) is 0 Å². The van der Waals surface area contributed by atoms with Crippen LogP contribution < -0.4 is 24.7 Å². The van der Waals surface area contributed by atoms with Gasteiger partial charge in [0.05, 0.1) is 14.2 Å². The molecule has 0 spiro atoms. The van der Waals surface area contributed by atoms with E-state index in [-0.39, 0.29) is 0 Å². The molecule has 23 heavy (non-hydrogen) atoms. The summed E-state index contributed by atoms with van der Waals surface area (Å²) in [6.45, 7) is 0.760. The molecule has 5 nitrogen and oxygen atoms in total. The Bertz CT molecular complexity index is 658. The fraction of sp³-hybridized carbons (Fsp3) is 0.235. The third kappa shape index (κ3) is 4.75. The number of benzene rings is 2. The Labute approximate surface area is 140 Å². The van der Waals surface area contributed by atoms with Crippen molar-refractivity contribution >= 4 is 17.2 Å². The number of thiocarbonyl (C=S) groups is 1. The molecule has 0 aliphatic heterocycles. The molecule has 0 aromatic heterocycles. The molecule has 0 fully saturated rings. The van der Waals surface area contributed by atoms with Crippen LogP contribution in [0.2, 0.25) is 0 Å². The average molecular weight is 333 g/mol. The minimum Gasteiger partial charge on any atom is -0.497 e. The van der Waals surface area contributed by atoms with Gasteiger partial charge >= 0.3 is 0 Å². The van der Waals surface area contributed by atoms with Crippen molar-refractivity contribution in [1.29, 1.82) is 0 Å². The first-order valence-corrected chi connectivity index (χ1v) is 7.42. The van der Waals surface area contributed by atoms with Gasteiger partial charge in [-0.3, -0.25) is 0 Å². The van der Waals surface area contributed by atoms with Crippen LogP contribution in [0, 0.1) is 0 Å². The lowest BCUT2D eigenvalue weighted by Gasteiger charge is -2.12. The first kappa shape index (κ1) is 16.9. The van der Waals surface area contributed by atoms with Gasteiger partial charge in [-0.2, -0.15) is 0 Å². The lowest BCUT2D eigenvalue weighted by Crippen LogP contribution is -2.12. The van der Waals surface area contributed by atoms with E-state index in [2.05, 4.69) is 0 Å². The van der Waals surface area contributed by atoms with Crippen LogP contribution in [0.3, 0.4) is 0 Å². The highest BCUT2D eigenvalue weighted by atomic mass is 32.1. The SMILES string of the molecule is COc1ccc(OCCOc2cc(C(N)=S)ccc2OC)cc1. The van der Waals surface area contributed by atoms with Crippen LogP contribution in [-0.4, -0.2) is 32.4 Å². The molecule has 0 saturated heterocycles. The Hall–Kier alpha value is -2.47. The van der Waals surface area contributed by atoms with Crippen molar-refractivity contribution in [2.24, 2.45) is 5.73 Å². The lowest BCUT2D eigenvalue weighted by atomic mass is 10.2. The van der Waals surface area contributed by atoms with Crippen LogP contribution in [0.15, 0.2) is 42.5 Å². The van der Waals surface area contributed by atoms with Gasteiger partial charge < -0.3 is 24.7 Å². The Balaban J connectivity index is 1.89. The Kier molecular flexibility index (Phi) is 6.05. The fourth-order valence-corrected chi connectivity index (χ4v) is 2.05. The topological polar surface area (TPSA) is 62.9 Å². The normalized spacial score (nSPS) is 10.0. The van der Waals surface area contributed by atoms with Crippen molar-refractivity contribution in [2.75, 3.05) is 27.4 Å². The molecule has 6 heteroatoms. The second kappa shape index (κ2) is 8.24. The van der Waals surface area contributed by atoms with Gasteiger partial charge in [-0.1, -0.05) is 12.2 Å². The highest BCUT2D eigenvalue weighted by molar-refractivity contribution is 7.80. The van der Waals surface area contributed by atoms with Crippen molar-refractivity contribution in [3.8, 4) is 23.0 Å². The molecule has 122 valence electrons. The largest absolute Gasteiger partial charge is 0.497 e. The quantitative estimate of drug-likeness (QED) is 0.592. The summed E-state index contributed by atoms with van der Waals surface area (Å²) in [4.78, 5) is 0.312. The molecule has 2 rings (SSSR count). The molecule has 0 aliphatic rings. The summed E-state index contributed by atoms with van der Waals surface area (Å²) >= 11 is 4.97. The minimum absolute atomic E-state index is 0.312. The van der Waals surface area contributed by atoms with E-state index in [0.717, 1.165) is 17.1 Å². The smallest absolute Gasteiger partial charge is 0.162 e. The number of hydrogen-bond donors (Lipinski definition) is 1. The highest BCUT2D eigenvalue weighted by Gasteiger charge is 2.07. The molecule has 0 saturated carbocycles. The summed E-state index contributed by atoms with van der Waals surface area (Å²) in [5.74, 6) is 2.73. The van der Waals surface area contributed by atoms with Gasteiger partial charge in [-0.15, -0.1) is 0 Å². The summed E-state index contributed by atoms with van der Waals surface area (Å²) in [6.07, 6.45) is 0. The Morgan fingerprint density at radius 3 is 2.13 bits per heavy atom. The predicted octanol–water partition coefficient (Wildman–Crippen LogP) is 2.80. The van der Waals surface area contributed by atoms with E-state index in [4.69, 9.17) is 36.9 Å². The van der Waals surface area contributed by atoms with Crippen LogP contribution in [-0.2, 0) is 0 Å². The maximum Gasteiger partial charge on any atom is 0.162 e. The van der Waals surface area contributed by atoms with E-state index >= 15 is 0 Å². The summed E-state index contributed by atoms with van der Waals surface area (Å²) < 4.78 is 21.7. The zero-order valence-electron chi connectivity index (χ0n) is 13.1. The molecule has 2 aromatic carbocycles. The van der Waals surface area contributed by atoms with E-state index in [1.54, 1.807) is 32.4 Å². The van der Waals surface area contributed by atoms with Crippen LogP contribution >= 0.6 is 12.2 Å². The molecule has 2 N–H and O–H groups in total. The second-order valence-corrected chi connectivity index (χ2v) is 5.04. The zero-order valence-corrected chi connectivity index (χ0v) is 13.9. The van der Waals surface area contributed by atoms with Crippen LogP contribution in [0.5, 0.6) is 23.0 Å². The standard InChI is InChI=1S/C17H19NO4S/c1-19-13-4-6-14(7-5-13)21-9-10-22-16-11-12(17(18)23)3-8-15(16)20-2/h3-8,11H,9-10H2,1-2H3,(H2,18,23). The molecule has 0 heterocycles. The maximum atomic E-state index is 5.70. The Morgan fingerprint density at radius 1 is 0.870 bits per heavy atom. The molecule has 0 aliphatic carbocycles.